The third kappa shape index (κ3) is 4.74. The van der Waals surface area contributed by atoms with Gasteiger partial charge in [0.2, 0.25) is 5.91 Å². The zero-order valence-electron chi connectivity index (χ0n) is 13.5. The minimum absolute atomic E-state index is 0.0383. The smallest absolute Gasteiger partial charge is 0.271 e. The minimum atomic E-state index is -0.476. The van der Waals surface area contributed by atoms with Crippen LogP contribution in [0.4, 0.5) is 11.4 Å². The second-order valence-corrected chi connectivity index (χ2v) is 6.16. The number of rotatable bonds is 5. The monoisotopic (exact) mass is 321 g/mol. The topological polar surface area (TPSA) is 95.7 Å². The van der Waals surface area contributed by atoms with Crippen molar-refractivity contribution in [1.82, 2.24) is 4.90 Å². The first-order chi connectivity index (χ1) is 10.9. The molecule has 0 spiro atoms. The van der Waals surface area contributed by atoms with Crippen LogP contribution in [-0.2, 0) is 4.79 Å². The molecule has 2 N–H and O–H groups in total. The number of aliphatic hydroxyl groups is 1. The number of aliphatic hydroxyl groups excluding tert-OH is 1. The van der Waals surface area contributed by atoms with E-state index >= 15 is 0 Å². The van der Waals surface area contributed by atoms with Gasteiger partial charge in [0, 0.05) is 12.1 Å². The number of anilines is 1. The van der Waals surface area contributed by atoms with Crippen LogP contribution in [0.3, 0.4) is 0 Å². The fourth-order valence-corrected chi connectivity index (χ4v) is 2.84. The number of amides is 1. The highest BCUT2D eigenvalue weighted by atomic mass is 16.6. The molecule has 0 aromatic heterocycles. The number of carbonyl (C=O) groups excluding carboxylic acids is 1. The molecule has 1 heterocycles. The first kappa shape index (κ1) is 17.4. The Hall–Kier alpha value is -1.99. The summed E-state index contributed by atoms with van der Waals surface area (Å²) in [7, 11) is 0. The van der Waals surface area contributed by atoms with Crippen molar-refractivity contribution in [2.75, 3.05) is 25.0 Å². The normalized spacial score (nSPS) is 17.7. The molecule has 0 bridgehead atoms. The molecule has 1 amide bonds. The lowest BCUT2D eigenvalue weighted by atomic mass is 9.92. The van der Waals surface area contributed by atoms with Gasteiger partial charge in [-0.05, 0) is 51.3 Å². The van der Waals surface area contributed by atoms with Crippen molar-refractivity contribution < 1.29 is 14.8 Å². The van der Waals surface area contributed by atoms with Gasteiger partial charge in [-0.15, -0.1) is 0 Å². The lowest BCUT2D eigenvalue weighted by Gasteiger charge is -2.32. The lowest BCUT2D eigenvalue weighted by molar-refractivity contribution is -0.384. The van der Waals surface area contributed by atoms with Gasteiger partial charge in [0.15, 0.2) is 0 Å². The summed E-state index contributed by atoms with van der Waals surface area (Å²) in [6, 6.07) is 4.43. The number of non-ortho nitro benzene ring substituents is 1. The number of piperidine rings is 1. The van der Waals surface area contributed by atoms with Gasteiger partial charge in [-0.2, -0.15) is 0 Å². The molecular weight excluding hydrogens is 298 g/mol. The van der Waals surface area contributed by atoms with E-state index in [2.05, 4.69) is 5.32 Å². The largest absolute Gasteiger partial charge is 0.393 e. The van der Waals surface area contributed by atoms with Crippen LogP contribution in [0, 0.1) is 23.0 Å². The Labute approximate surface area is 135 Å². The molecule has 1 aromatic carbocycles. The van der Waals surface area contributed by atoms with Crippen LogP contribution >= 0.6 is 0 Å². The number of likely N-dealkylation sites (tertiary alicyclic amines) is 1. The number of benzene rings is 1. The van der Waals surface area contributed by atoms with Crippen molar-refractivity contribution in [1.29, 1.82) is 0 Å². The number of nitrogens with zero attached hydrogens (tertiary/aromatic N) is 2. The van der Waals surface area contributed by atoms with Gasteiger partial charge in [-0.1, -0.05) is 6.07 Å². The molecule has 1 saturated heterocycles. The number of hydrogen-bond acceptors (Lipinski definition) is 5. The molecule has 1 aromatic rings. The van der Waals surface area contributed by atoms with Crippen LogP contribution in [0.5, 0.6) is 0 Å². The predicted molar refractivity (Wildman–Crippen MR) is 87.3 cm³/mol. The second-order valence-electron chi connectivity index (χ2n) is 6.16. The van der Waals surface area contributed by atoms with E-state index in [1.54, 1.807) is 19.9 Å². The summed E-state index contributed by atoms with van der Waals surface area (Å²) >= 11 is 0. The van der Waals surface area contributed by atoms with Crippen molar-refractivity contribution in [3.63, 3.8) is 0 Å². The van der Waals surface area contributed by atoms with Crippen LogP contribution in [0.1, 0.15) is 25.3 Å². The summed E-state index contributed by atoms with van der Waals surface area (Å²) in [6.07, 6.45) is 1.44. The average Bonchev–Trinajstić information content (AvgIpc) is 2.49. The van der Waals surface area contributed by atoms with Gasteiger partial charge in [0.1, 0.15) is 0 Å². The Bertz CT molecular complexity index is 581. The molecule has 0 radical (unpaired) electrons. The van der Waals surface area contributed by atoms with Crippen molar-refractivity contribution in [3.05, 3.63) is 33.9 Å². The van der Waals surface area contributed by atoms with Crippen LogP contribution in [-0.4, -0.2) is 46.6 Å². The molecule has 1 fully saturated rings. The van der Waals surface area contributed by atoms with Crippen molar-refractivity contribution in [2.24, 2.45) is 5.92 Å². The lowest BCUT2D eigenvalue weighted by Crippen LogP contribution is -2.41. The number of nitro groups is 1. The maximum absolute atomic E-state index is 12.2. The van der Waals surface area contributed by atoms with Crippen LogP contribution in [0.25, 0.3) is 0 Å². The Kier molecular flexibility index (Phi) is 5.68. The van der Waals surface area contributed by atoms with E-state index in [9.17, 15) is 20.0 Å². The van der Waals surface area contributed by atoms with E-state index in [0.717, 1.165) is 31.5 Å². The molecule has 2 rings (SSSR count). The van der Waals surface area contributed by atoms with Crippen LogP contribution < -0.4 is 5.32 Å². The van der Waals surface area contributed by atoms with Crippen molar-refractivity contribution in [2.45, 2.75) is 32.8 Å². The zero-order valence-corrected chi connectivity index (χ0v) is 13.5. The van der Waals surface area contributed by atoms with Gasteiger partial charge >= 0.3 is 0 Å². The molecule has 1 atom stereocenters. The number of carbonyl (C=O) groups is 1. The van der Waals surface area contributed by atoms with E-state index in [1.165, 1.54) is 12.1 Å². The van der Waals surface area contributed by atoms with Gasteiger partial charge in [0.25, 0.3) is 5.69 Å². The summed E-state index contributed by atoms with van der Waals surface area (Å²) in [4.78, 5) is 24.5. The summed E-state index contributed by atoms with van der Waals surface area (Å²) in [6.45, 7) is 5.41. The fraction of sp³-hybridized carbons (Fsp3) is 0.562. The summed E-state index contributed by atoms with van der Waals surface area (Å²) < 4.78 is 0. The van der Waals surface area contributed by atoms with Crippen molar-refractivity contribution >= 4 is 17.3 Å². The number of nitrogens with one attached hydrogen (secondary N) is 1. The third-order valence-electron chi connectivity index (χ3n) is 4.39. The summed E-state index contributed by atoms with van der Waals surface area (Å²) in [5.41, 5.74) is 1.23. The van der Waals surface area contributed by atoms with E-state index in [-0.39, 0.29) is 24.2 Å². The Balaban J connectivity index is 1.90. The van der Waals surface area contributed by atoms with E-state index in [1.807, 2.05) is 4.90 Å². The van der Waals surface area contributed by atoms with Crippen molar-refractivity contribution in [3.8, 4) is 0 Å². The van der Waals surface area contributed by atoms with Gasteiger partial charge in [0.05, 0.1) is 23.3 Å². The fourth-order valence-electron chi connectivity index (χ4n) is 2.84. The molecule has 126 valence electrons. The molecule has 7 heteroatoms. The Morgan fingerprint density at radius 1 is 1.48 bits per heavy atom. The molecular formula is C16H23N3O4. The Morgan fingerprint density at radius 2 is 2.13 bits per heavy atom. The molecule has 0 saturated carbocycles. The highest BCUT2D eigenvalue weighted by Gasteiger charge is 2.24. The predicted octanol–water partition coefficient (Wildman–Crippen LogP) is 1.93. The number of hydrogen-bond donors (Lipinski definition) is 2. The maximum atomic E-state index is 12.2. The zero-order chi connectivity index (χ0) is 17.0. The summed E-state index contributed by atoms with van der Waals surface area (Å²) in [5, 5.41) is 23.2. The quantitative estimate of drug-likeness (QED) is 0.638. The van der Waals surface area contributed by atoms with E-state index in [0.29, 0.717) is 11.6 Å². The van der Waals surface area contributed by atoms with Crippen LogP contribution in [0.15, 0.2) is 18.2 Å². The molecule has 0 aliphatic carbocycles. The van der Waals surface area contributed by atoms with Gasteiger partial charge in [-0.25, -0.2) is 0 Å². The average molecular weight is 321 g/mol. The number of aryl methyl sites for hydroxylation is 1. The van der Waals surface area contributed by atoms with Crippen LogP contribution in [0.2, 0.25) is 0 Å². The minimum Gasteiger partial charge on any atom is -0.393 e. The van der Waals surface area contributed by atoms with Gasteiger partial charge < -0.3 is 10.4 Å². The highest BCUT2D eigenvalue weighted by Crippen LogP contribution is 2.23. The SMILES string of the molecule is Cc1ccc([N+](=O)[O-])cc1NC(=O)CN1CCC(C(C)O)CC1. The molecule has 23 heavy (non-hydrogen) atoms. The Morgan fingerprint density at radius 3 is 2.70 bits per heavy atom. The standard InChI is InChI=1S/C16H23N3O4/c1-11-3-4-14(19(22)23)9-15(11)17-16(21)10-18-7-5-13(6-8-18)12(2)20/h3-4,9,12-13,20H,5-8,10H2,1-2H3,(H,17,21). The van der Waals surface area contributed by atoms with Gasteiger partial charge in [-0.3, -0.25) is 19.8 Å². The third-order valence-corrected chi connectivity index (χ3v) is 4.39. The molecule has 1 aliphatic heterocycles. The summed E-state index contributed by atoms with van der Waals surface area (Å²) in [5.74, 6) is 0.123. The second kappa shape index (κ2) is 7.52. The van der Waals surface area contributed by atoms with E-state index < -0.39 is 4.92 Å². The first-order valence-corrected chi connectivity index (χ1v) is 7.82. The maximum Gasteiger partial charge on any atom is 0.271 e. The first-order valence-electron chi connectivity index (χ1n) is 7.82. The molecule has 1 aliphatic rings. The van der Waals surface area contributed by atoms with E-state index in [4.69, 9.17) is 0 Å². The number of nitro benzene ring substituents is 1. The highest BCUT2D eigenvalue weighted by molar-refractivity contribution is 5.93. The molecule has 7 nitrogen and oxygen atoms in total. The molecule has 1 unspecified atom stereocenters.